The normalized spacial score (nSPS) is 12.7. The average molecular weight is 316 g/mol. The summed E-state index contributed by atoms with van der Waals surface area (Å²) in [5.41, 5.74) is 0.444. The molecule has 0 saturated heterocycles. The Hall–Kier alpha value is -1.20. The summed E-state index contributed by atoms with van der Waals surface area (Å²) >= 11 is 3.36. The van der Waals surface area contributed by atoms with E-state index in [0.717, 1.165) is 10.5 Å². The van der Waals surface area contributed by atoms with E-state index in [4.69, 9.17) is 4.42 Å². The van der Waals surface area contributed by atoms with Crippen LogP contribution in [0.2, 0.25) is 0 Å². The highest BCUT2D eigenvalue weighted by Gasteiger charge is 2.18. The largest absolute Gasteiger partial charge is 0.466 e. The summed E-state index contributed by atoms with van der Waals surface area (Å²) in [4.78, 5) is 0. The fourth-order valence-electron chi connectivity index (χ4n) is 1.79. The number of halogens is 3. The molecule has 0 amide bonds. The lowest BCUT2D eigenvalue weighted by Gasteiger charge is -2.15. The van der Waals surface area contributed by atoms with E-state index in [2.05, 4.69) is 21.2 Å². The molecule has 0 fully saturated rings. The molecular weight excluding hydrogens is 304 g/mol. The minimum Gasteiger partial charge on any atom is -0.466 e. The molecule has 1 atom stereocenters. The Bertz CT molecular complexity index is 542. The fraction of sp³-hybridized carbons (Fsp3) is 0.231. The molecule has 0 radical (unpaired) electrons. The number of nitrogens with one attached hydrogen (secondary N) is 1. The van der Waals surface area contributed by atoms with Crippen molar-refractivity contribution in [3.8, 4) is 0 Å². The maximum Gasteiger partial charge on any atom is 0.135 e. The van der Waals surface area contributed by atoms with Gasteiger partial charge in [0, 0.05) is 6.07 Å². The molecule has 5 heteroatoms. The van der Waals surface area contributed by atoms with Crippen LogP contribution in [-0.2, 0) is 6.42 Å². The Morgan fingerprint density at radius 3 is 2.67 bits per heavy atom. The van der Waals surface area contributed by atoms with E-state index in [1.54, 1.807) is 19.4 Å². The van der Waals surface area contributed by atoms with Crippen LogP contribution in [0.4, 0.5) is 8.78 Å². The molecule has 1 N–H and O–H groups in total. The van der Waals surface area contributed by atoms with Gasteiger partial charge in [-0.3, -0.25) is 0 Å². The predicted molar refractivity (Wildman–Crippen MR) is 68.3 cm³/mol. The molecule has 0 aliphatic rings. The Kier molecular flexibility index (Phi) is 4.14. The van der Waals surface area contributed by atoms with Crippen LogP contribution in [0.3, 0.4) is 0 Å². The van der Waals surface area contributed by atoms with Gasteiger partial charge in [-0.1, -0.05) is 6.07 Å². The first-order valence-corrected chi connectivity index (χ1v) is 6.25. The summed E-state index contributed by atoms with van der Waals surface area (Å²) in [6, 6.07) is 5.20. The molecule has 0 spiro atoms. The van der Waals surface area contributed by atoms with Gasteiger partial charge in [0.05, 0.1) is 16.8 Å². The monoisotopic (exact) mass is 315 g/mol. The van der Waals surface area contributed by atoms with Gasteiger partial charge in [0.2, 0.25) is 0 Å². The van der Waals surface area contributed by atoms with E-state index in [-0.39, 0.29) is 6.04 Å². The smallest absolute Gasteiger partial charge is 0.135 e. The summed E-state index contributed by atoms with van der Waals surface area (Å²) in [6.07, 6.45) is 1.94. The number of hydrogen-bond acceptors (Lipinski definition) is 2. The van der Waals surface area contributed by atoms with E-state index in [0.29, 0.717) is 17.7 Å². The molecule has 0 saturated carbocycles. The maximum absolute atomic E-state index is 13.6. The maximum atomic E-state index is 13.6. The zero-order valence-corrected chi connectivity index (χ0v) is 11.3. The summed E-state index contributed by atoms with van der Waals surface area (Å²) in [6.45, 7) is 0. The van der Waals surface area contributed by atoms with E-state index < -0.39 is 11.6 Å². The summed E-state index contributed by atoms with van der Waals surface area (Å²) in [5.74, 6) is -0.421. The zero-order valence-electron chi connectivity index (χ0n) is 9.71. The molecule has 1 unspecified atom stereocenters. The number of likely N-dealkylation sites (N-methyl/N-ethyl adjacent to an activating group) is 1. The van der Waals surface area contributed by atoms with Crippen LogP contribution in [0.15, 0.2) is 39.4 Å². The van der Waals surface area contributed by atoms with Crippen molar-refractivity contribution in [1.82, 2.24) is 5.32 Å². The van der Waals surface area contributed by atoms with Gasteiger partial charge in [0.1, 0.15) is 17.4 Å². The Morgan fingerprint density at radius 1 is 1.33 bits per heavy atom. The Labute approximate surface area is 112 Å². The van der Waals surface area contributed by atoms with Gasteiger partial charge in [-0.25, -0.2) is 8.78 Å². The quantitative estimate of drug-likeness (QED) is 0.927. The molecule has 0 aliphatic heterocycles. The van der Waals surface area contributed by atoms with Crippen LogP contribution in [0.1, 0.15) is 17.4 Å². The molecule has 2 aromatic rings. The SMILES string of the molecule is CNC(Cc1ccc(F)cc1F)c1occc1Br. The van der Waals surface area contributed by atoms with Gasteiger partial charge in [0.25, 0.3) is 0 Å². The number of rotatable bonds is 4. The molecule has 1 aromatic heterocycles. The van der Waals surface area contributed by atoms with Crippen molar-refractivity contribution in [2.75, 3.05) is 7.05 Å². The van der Waals surface area contributed by atoms with Crippen molar-refractivity contribution in [3.05, 3.63) is 58.0 Å². The number of furan rings is 1. The average Bonchev–Trinajstić information content (AvgIpc) is 2.75. The number of benzene rings is 1. The van der Waals surface area contributed by atoms with E-state index in [9.17, 15) is 8.78 Å². The predicted octanol–water partition coefficient (Wildman–Crippen LogP) is 3.82. The van der Waals surface area contributed by atoms with Crippen molar-refractivity contribution in [2.24, 2.45) is 0 Å². The first-order chi connectivity index (χ1) is 8.61. The van der Waals surface area contributed by atoms with E-state index in [1.165, 1.54) is 12.1 Å². The van der Waals surface area contributed by atoms with Gasteiger partial charge in [-0.2, -0.15) is 0 Å². The van der Waals surface area contributed by atoms with Crippen LogP contribution >= 0.6 is 15.9 Å². The highest BCUT2D eigenvalue weighted by molar-refractivity contribution is 9.10. The highest BCUT2D eigenvalue weighted by Crippen LogP contribution is 2.27. The first-order valence-electron chi connectivity index (χ1n) is 5.46. The molecule has 1 heterocycles. The minimum absolute atomic E-state index is 0.172. The van der Waals surface area contributed by atoms with Crippen LogP contribution in [0.5, 0.6) is 0 Å². The molecule has 0 bridgehead atoms. The topological polar surface area (TPSA) is 25.2 Å². The molecule has 1 aromatic carbocycles. The molecular formula is C13H12BrF2NO. The third kappa shape index (κ3) is 2.79. The van der Waals surface area contributed by atoms with Crippen molar-refractivity contribution >= 4 is 15.9 Å². The third-order valence-electron chi connectivity index (χ3n) is 2.75. The second-order valence-electron chi connectivity index (χ2n) is 3.91. The van der Waals surface area contributed by atoms with Crippen LogP contribution in [-0.4, -0.2) is 7.05 Å². The summed E-state index contributed by atoms with van der Waals surface area (Å²) < 4.78 is 32.6. The molecule has 18 heavy (non-hydrogen) atoms. The van der Waals surface area contributed by atoms with E-state index >= 15 is 0 Å². The Balaban J connectivity index is 2.23. The molecule has 2 rings (SSSR count). The van der Waals surface area contributed by atoms with Crippen LogP contribution in [0, 0.1) is 11.6 Å². The first kappa shape index (κ1) is 13.2. The second-order valence-corrected chi connectivity index (χ2v) is 4.77. The van der Waals surface area contributed by atoms with Crippen molar-refractivity contribution in [3.63, 3.8) is 0 Å². The van der Waals surface area contributed by atoms with Crippen molar-refractivity contribution < 1.29 is 13.2 Å². The van der Waals surface area contributed by atoms with Gasteiger partial charge in [-0.15, -0.1) is 0 Å². The van der Waals surface area contributed by atoms with Gasteiger partial charge in [0.15, 0.2) is 0 Å². The van der Waals surface area contributed by atoms with E-state index in [1.807, 2.05) is 0 Å². The molecule has 96 valence electrons. The van der Waals surface area contributed by atoms with Gasteiger partial charge >= 0.3 is 0 Å². The van der Waals surface area contributed by atoms with Gasteiger partial charge in [-0.05, 0) is 47.1 Å². The third-order valence-corrected chi connectivity index (χ3v) is 3.40. The lowest BCUT2D eigenvalue weighted by Crippen LogP contribution is -2.19. The highest BCUT2D eigenvalue weighted by atomic mass is 79.9. The summed E-state index contributed by atoms with van der Waals surface area (Å²) in [7, 11) is 1.76. The number of hydrogen-bond donors (Lipinski definition) is 1. The van der Waals surface area contributed by atoms with Crippen LogP contribution < -0.4 is 5.32 Å². The Morgan fingerprint density at radius 2 is 2.11 bits per heavy atom. The minimum atomic E-state index is -0.573. The van der Waals surface area contributed by atoms with Crippen molar-refractivity contribution in [2.45, 2.75) is 12.5 Å². The molecule has 0 aliphatic carbocycles. The standard InChI is InChI=1S/C13H12BrF2NO/c1-17-12(13-10(14)4-5-18-13)6-8-2-3-9(15)7-11(8)16/h2-5,7,12,17H,6H2,1H3. The molecule has 2 nitrogen and oxygen atoms in total. The lowest BCUT2D eigenvalue weighted by molar-refractivity contribution is 0.422. The van der Waals surface area contributed by atoms with Crippen LogP contribution in [0.25, 0.3) is 0 Å². The second kappa shape index (κ2) is 5.63. The zero-order chi connectivity index (χ0) is 13.1. The van der Waals surface area contributed by atoms with Crippen molar-refractivity contribution in [1.29, 1.82) is 0 Å². The fourth-order valence-corrected chi connectivity index (χ4v) is 2.26. The van der Waals surface area contributed by atoms with Gasteiger partial charge < -0.3 is 9.73 Å². The lowest BCUT2D eigenvalue weighted by atomic mass is 10.0. The summed E-state index contributed by atoms with van der Waals surface area (Å²) in [5, 5.41) is 3.05.